The zero-order valence-corrected chi connectivity index (χ0v) is 9.59. The zero-order valence-electron chi connectivity index (χ0n) is 8.02. The van der Waals surface area contributed by atoms with E-state index < -0.39 is 5.56 Å². The summed E-state index contributed by atoms with van der Waals surface area (Å²) in [6, 6.07) is 0. The molecule has 0 saturated heterocycles. The van der Waals surface area contributed by atoms with Crippen molar-refractivity contribution in [1.29, 1.82) is 0 Å². The number of nitrogens with zero attached hydrogens (tertiary/aromatic N) is 3. The first-order chi connectivity index (χ1) is 7.59. The average molecular weight is 260 g/mol. The van der Waals surface area contributed by atoms with Gasteiger partial charge in [0, 0.05) is 7.05 Å². The summed E-state index contributed by atoms with van der Waals surface area (Å²) in [5.74, 6) is 0. The maximum absolute atomic E-state index is 11.2. The Bertz CT molecular complexity index is 630. The first kappa shape index (κ1) is 11.0. The van der Waals surface area contributed by atoms with Gasteiger partial charge in [-0.15, -0.1) is 5.10 Å². The molecule has 9 heteroatoms. The normalized spacial score (nSPS) is 10.6. The maximum atomic E-state index is 11.2. The highest BCUT2D eigenvalue weighted by Crippen LogP contribution is 2.26. The molecule has 2 aromatic heterocycles. The van der Waals surface area contributed by atoms with E-state index in [0.29, 0.717) is 10.2 Å². The van der Waals surface area contributed by atoms with Gasteiger partial charge in [0.15, 0.2) is 5.16 Å². The first-order valence-electron chi connectivity index (χ1n) is 4.12. The minimum Gasteiger partial charge on any atom is -0.312 e. The van der Waals surface area contributed by atoms with Crippen LogP contribution in [0.15, 0.2) is 26.1 Å². The molecular weight excluding hydrogens is 254 g/mol. The summed E-state index contributed by atoms with van der Waals surface area (Å²) < 4.78 is 1.30. The molecule has 0 saturated carbocycles. The van der Waals surface area contributed by atoms with Crippen molar-refractivity contribution in [2.24, 2.45) is 7.05 Å². The Hall–Kier alpha value is -1.54. The van der Waals surface area contributed by atoms with Gasteiger partial charge in [0.2, 0.25) is 0 Å². The van der Waals surface area contributed by atoms with Crippen molar-refractivity contribution in [2.45, 2.75) is 10.2 Å². The fourth-order valence-corrected chi connectivity index (χ4v) is 1.94. The third-order valence-corrected chi connectivity index (χ3v) is 3.30. The van der Waals surface area contributed by atoms with Gasteiger partial charge in [-0.05, 0) is 11.8 Å². The van der Waals surface area contributed by atoms with Gasteiger partial charge in [-0.1, -0.05) is 11.6 Å². The number of halogens is 1. The van der Waals surface area contributed by atoms with E-state index in [1.165, 1.54) is 10.9 Å². The van der Waals surface area contributed by atoms with Gasteiger partial charge in [0.05, 0.1) is 6.33 Å². The van der Waals surface area contributed by atoms with Gasteiger partial charge in [0.1, 0.15) is 10.0 Å². The molecule has 0 aliphatic carbocycles. The van der Waals surface area contributed by atoms with E-state index in [1.54, 1.807) is 7.05 Å². The second-order valence-electron chi connectivity index (χ2n) is 2.82. The minimum absolute atomic E-state index is 0.0250. The number of aromatic amines is 2. The van der Waals surface area contributed by atoms with Crippen molar-refractivity contribution in [1.82, 2.24) is 24.7 Å². The van der Waals surface area contributed by atoms with Crippen LogP contribution < -0.4 is 11.2 Å². The van der Waals surface area contributed by atoms with Crippen molar-refractivity contribution in [2.75, 3.05) is 0 Å². The van der Waals surface area contributed by atoms with E-state index >= 15 is 0 Å². The average Bonchev–Trinajstić information content (AvgIpc) is 2.57. The Morgan fingerprint density at radius 3 is 2.88 bits per heavy atom. The van der Waals surface area contributed by atoms with Crippen molar-refractivity contribution in [3.8, 4) is 0 Å². The molecule has 0 aromatic carbocycles. The van der Waals surface area contributed by atoms with Crippen LogP contribution in [0.2, 0.25) is 5.02 Å². The highest BCUT2D eigenvalue weighted by molar-refractivity contribution is 7.99. The molecule has 0 bridgehead atoms. The van der Waals surface area contributed by atoms with Crippen molar-refractivity contribution < 1.29 is 0 Å². The zero-order chi connectivity index (χ0) is 11.7. The molecule has 0 amide bonds. The Labute approximate surface area is 97.9 Å². The topological polar surface area (TPSA) is 96.4 Å². The van der Waals surface area contributed by atoms with Crippen LogP contribution in [0, 0.1) is 0 Å². The minimum atomic E-state index is -0.431. The number of rotatable bonds is 2. The third kappa shape index (κ3) is 1.89. The van der Waals surface area contributed by atoms with Crippen molar-refractivity contribution >= 4 is 23.4 Å². The molecule has 2 aromatic rings. The Morgan fingerprint density at radius 2 is 2.25 bits per heavy atom. The lowest BCUT2D eigenvalue weighted by Crippen LogP contribution is -2.13. The quantitative estimate of drug-likeness (QED) is 0.740. The van der Waals surface area contributed by atoms with Crippen LogP contribution >= 0.6 is 23.4 Å². The molecule has 2 heterocycles. The molecule has 0 atom stereocenters. The Balaban J connectivity index is 2.42. The highest BCUT2D eigenvalue weighted by Gasteiger charge is 2.12. The molecule has 0 unspecified atom stereocenters. The summed E-state index contributed by atoms with van der Waals surface area (Å²) in [6.45, 7) is 0. The molecule has 16 heavy (non-hydrogen) atoms. The predicted octanol–water partition coefficient (Wildman–Crippen LogP) is -0.00370. The smallest absolute Gasteiger partial charge is 0.312 e. The largest absolute Gasteiger partial charge is 0.343 e. The van der Waals surface area contributed by atoms with E-state index in [-0.39, 0.29) is 10.7 Å². The predicted molar refractivity (Wildman–Crippen MR) is 57.8 cm³/mol. The lowest BCUT2D eigenvalue weighted by molar-refractivity contribution is 0.764. The number of hydrogen-bond donors (Lipinski definition) is 2. The Kier molecular flexibility index (Phi) is 2.84. The second kappa shape index (κ2) is 4.14. The number of hydrogen-bond acceptors (Lipinski definition) is 5. The fraction of sp³-hybridized carbons (Fsp3) is 0.143. The molecule has 7 nitrogen and oxygen atoms in total. The van der Waals surface area contributed by atoms with E-state index in [0.717, 1.165) is 11.8 Å². The SMILES string of the molecule is Cn1c(Sc2nc[nH]c(=O)c2Cl)n[nH]c1=O. The summed E-state index contributed by atoms with van der Waals surface area (Å²) in [4.78, 5) is 28.5. The van der Waals surface area contributed by atoms with E-state index in [2.05, 4.69) is 20.2 Å². The molecule has 84 valence electrons. The lowest BCUT2D eigenvalue weighted by Gasteiger charge is -1.99. The van der Waals surface area contributed by atoms with Gasteiger partial charge in [-0.2, -0.15) is 0 Å². The van der Waals surface area contributed by atoms with Gasteiger partial charge in [-0.25, -0.2) is 14.9 Å². The third-order valence-electron chi connectivity index (χ3n) is 1.79. The summed E-state index contributed by atoms with van der Waals surface area (Å²) in [6.07, 6.45) is 1.24. The summed E-state index contributed by atoms with van der Waals surface area (Å²) in [5.41, 5.74) is -0.775. The molecule has 0 radical (unpaired) electrons. The monoisotopic (exact) mass is 259 g/mol. The Morgan fingerprint density at radius 1 is 1.50 bits per heavy atom. The number of nitrogens with one attached hydrogen (secondary N) is 2. The van der Waals surface area contributed by atoms with Crippen LogP contribution in [0.1, 0.15) is 0 Å². The lowest BCUT2D eigenvalue weighted by atomic mass is 10.7. The van der Waals surface area contributed by atoms with Crippen molar-refractivity contribution in [3.63, 3.8) is 0 Å². The maximum Gasteiger partial charge on any atom is 0.343 e. The van der Waals surface area contributed by atoms with E-state index in [1.807, 2.05) is 0 Å². The molecular formula is C7H6ClN5O2S. The van der Waals surface area contributed by atoms with Gasteiger partial charge in [0.25, 0.3) is 5.56 Å². The second-order valence-corrected chi connectivity index (χ2v) is 4.16. The van der Waals surface area contributed by atoms with Crippen LogP contribution in [-0.4, -0.2) is 24.7 Å². The molecule has 2 N–H and O–H groups in total. The van der Waals surface area contributed by atoms with E-state index in [4.69, 9.17) is 11.6 Å². The molecule has 0 fully saturated rings. The summed E-state index contributed by atoms with van der Waals surface area (Å²) in [5, 5.41) is 6.68. The standard InChI is InChI=1S/C7H6ClN5O2S/c1-13-6(15)11-12-7(13)16-5-3(8)4(14)9-2-10-5/h2H,1H3,(H,11,15)(H,9,10,14). The summed E-state index contributed by atoms with van der Waals surface area (Å²) >= 11 is 6.78. The molecule has 2 rings (SSSR count). The van der Waals surface area contributed by atoms with E-state index in [9.17, 15) is 9.59 Å². The van der Waals surface area contributed by atoms with Crippen LogP contribution in [0.25, 0.3) is 0 Å². The van der Waals surface area contributed by atoms with Crippen LogP contribution in [0.3, 0.4) is 0 Å². The molecule has 0 aliphatic heterocycles. The van der Waals surface area contributed by atoms with Gasteiger partial charge >= 0.3 is 5.69 Å². The number of aromatic nitrogens is 5. The summed E-state index contributed by atoms with van der Waals surface area (Å²) in [7, 11) is 1.55. The van der Waals surface area contributed by atoms with Gasteiger partial charge < -0.3 is 4.98 Å². The molecule has 0 aliphatic rings. The first-order valence-corrected chi connectivity index (χ1v) is 5.31. The van der Waals surface area contributed by atoms with Crippen LogP contribution in [-0.2, 0) is 7.05 Å². The van der Waals surface area contributed by atoms with Gasteiger partial charge in [-0.3, -0.25) is 9.36 Å². The van der Waals surface area contributed by atoms with Crippen molar-refractivity contribution in [3.05, 3.63) is 32.2 Å². The van der Waals surface area contributed by atoms with Crippen LogP contribution in [0.4, 0.5) is 0 Å². The number of H-pyrrole nitrogens is 2. The fourth-order valence-electron chi connectivity index (χ4n) is 0.948. The molecule has 0 spiro atoms. The highest BCUT2D eigenvalue weighted by atomic mass is 35.5. The van der Waals surface area contributed by atoms with Crippen LogP contribution in [0.5, 0.6) is 0 Å².